The summed E-state index contributed by atoms with van der Waals surface area (Å²) in [5.74, 6) is -0.413. The number of ether oxygens (including phenoxy) is 2. The molecule has 0 saturated carbocycles. The van der Waals surface area contributed by atoms with E-state index in [-0.39, 0.29) is 11.6 Å². The Hall–Kier alpha value is -0.940. The van der Waals surface area contributed by atoms with Crippen LogP contribution in [0.2, 0.25) is 5.02 Å². The van der Waals surface area contributed by atoms with Crippen molar-refractivity contribution in [2.75, 3.05) is 7.11 Å². The number of hydrogen-bond acceptors (Lipinski definition) is 2. The van der Waals surface area contributed by atoms with E-state index >= 15 is 0 Å². The normalized spacial score (nSPS) is 11.5. The maximum absolute atomic E-state index is 11.9. The summed E-state index contributed by atoms with van der Waals surface area (Å²) in [5, 5.41) is -0.0955. The van der Waals surface area contributed by atoms with Crippen LogP contribution in [-0.2, 0) is 11.3 Å². The third-order valence-corrected chi connectivity index (χ3v) is 1.83. The molecule has 0 aliphatic heterocycles. The fourth-order valence-electron chi connectivity index (χ4n) is 1.01. The lowest BCUT2D eigenvalue weighted by atomic mass is 10.2. The number of alkyl halides is 3. The van der Waals surface area contributed by atoms with E-state index in [4.69, 9.17) is 16.3 Å². The Morgan fingerprint density at radius 3 is 2.47 bits per heavy atom. The molecule has 0 saturated heterocycles. The molecular weight excluding hydrogens is 233 g/mol. The summed E-state index contributed by atoms with van der Waals surface area (Å²) in [6.45, 7) is 0.284. The van der Waals surface area contributed by atoms with Crippen molar-refractivity contribution in [3.63, 3.8) is 0 Å². The van der Waals surface area contributed by atoms with E-state index in [9.17, 15) is 13.2 Å². The highest BCUT2D eigenvalue weighted by Crippen LogP contribution is 2.30. The minimum absolute atomic E-state index is 0.0955. The van der Waals surface area contributed by atoms with E-state index in [1.807, 2.05) is 0 Å². The van der Waals surface area contributed by atoms with Crippen LogP contribution in [0.3, 0.4) is 0 Å². The number of benzene rings is 1. The molecule has 0 fully saturated rings. The molecule has 15 heavy (non-hydrogen) atoms. The quantitative estimate of drug-likeness (QED) is 0.806. The van der Waals surface area contributed by atoms with Gasteiger partial charge in [-0.3, -0.25) is 0 Å². The summed E-state index contributed by atoms with van der Waals surface area (Å²) >= 11 is 5.59. The summed E-state index contributed by atoms with van der Waals surface area (Å²) < 4.78 is 44.1. The fraction of sp³-hybridized carbons (Fsp3) is 0.333. The number of methoxy groups -OCH3 is 1. The van der Waals surface area contributed by atoms with Crippen molar-refractivity contribution >= 4 is 11.6 Å². The van der Waals surface area contributed by atoms with Crippen molar-refractivity contribution < 1.29 is 22.6 Å². The molecule has 2 nitrogen and oxygen atoms in total. The van der Waals surface area contributed by atoms with Gasteiger partial charge in [0.1, 0.15) is 5.75 Å². The van der Waals surface area contributed by atoms with E-state index in [2.05, 4.69) is 4.74 Å². The first-order chi connectivity index (χ1) is 6.92. The summed E-state index contributed by atoms with van der Waals surface area (Å²) in [4.78, 5) is 0. The summed E-state index contributed by atoms with van der Waals surface area (Å²) in [5.41, 5.74) is 0.678. The molecule has 0 aliphatic carbocycles. The maximum atomic E-state index is 11.9. The summed E-state index contributed by atoms with van der Waals surface area (Å²) in [6, 6.07) is 3.98. The summed E-state index contributed by atoms with van der Waals surface area (Å²) in [7, 11) is 1.48. The van der Waals surface area contributed by atoms with Crippen LogP contribution in [0.25, 0.3) is 0 Å². The Balaban J connectivity index is 2.84. The van der Waals surface area contributed by atoms with Crippen molar-refractivity contribution in [2.24, 2.45) is 0 Å². The van der Waals surface area contributed by atoms with Crippen LogP contribution in [0.4, 0.5) is 13.2 Å². The van der Waals surface area contributed by atoms with Gasteiger partial charge in [-0.15, -0.1) is 13.2 Å². The monoisotopic (exact) mass is 240 g/mol. The molecule has 6 heteroatoms. The maximum Gasteiger partial charge on any atom is 0.573 e. The second kappa shape index (κ2) is 4.72. The van der Waals surface area contributed by atoms with Gasteiger partial charge in [-0.2, -0.15) is 0 Å². The zero-order valence-electron chi connectivity index (χ0n) is 7.77. The van der Waals surface area contributed by atoms with Crippen LogP contribution in [-0.4, -0.2) is 13.5 Å². The first-order valence-corrected chi connectivity index (χ1v) is 4.33. The number of rotatable bonds is 3. The van der Waals surface area contributed by atoms with Crippen molar-refractivity contribution in [3.8, 4) is 5.75 Å². The molecule has 0 spiro atoms. The standard InChI is InChI=1S/C9H8ClF3O2/c1-14-5-6-2-3-8(7(10)4-6)15-9(11,12)13/h2-4H,5H2,1H3. The lowest BCUT2D eigenvalue weighted by molar-refractivity contribution is -0.274. The minimum atomic E-state index is -4.73. The van der Waals surface area contributed by atoms with Gasteiger partial charge in [0, 0.05) is 7.11 Å². The van der Waals surface area contributed by atoms with Crippen LogP contribution >= 0.6 is 11.6 Å². The minimum Gasteiger partial charge on any atom is -0.404 e. The highest BCUT2D eigenvalue weighted by Gasteiger charge is 2.31. The van der Waals surface area contributed by atoms with Gasteiger partial charge < -0.3 is 9.47 Å². The Bertz CT molecular complexity index is 339. The SMILES string of the molecule is COCc1ccc(OC(F)(F)F)c(Cl)c1. The molecule has 1 rings (SSSR count). The van der Waals surface area contributed by atoms with Crippen molar-refractivity contribution in [1.29, 1.82) is 0 Å². The molecule has 0 bridgehead atoms. The molecular formula is C9H8ClF3O2. The van der Waals surface area contributed by atoms with Crippen LogP contribution in [0.1, 0.15) is 5.56 Å². The Labute approximate surface area is 89.6 Å². The lowest BCUT2D eigenvalue weighted by Gasteiger charge is -2.11. The first-order valence-electron chi connectivity index (χ1n) is 3.95. The van der Waals surface area contributed by atoms with Gasteiger partial charge >= 0.3 is 6.36 Å². The van der Waals surface area contributed by atoms with E-state index in [0.29, 0.717) is 5.56 Å². The van der Waals surface area contributed by atoms with E-state index in [0.717, 1.165) is 6.07 Å². The van der Waals surface area contributed by atoms with Gasteiger partial charge in [0.25, 0.3) is 0 Å². The largest absolute Gasteiger partial charge is 0.573 e. The molecule has 0 radical (unpaired) electrons. The smallest absolute Gasteiger partial charge is 0.404 e. The molecule has 84 valence electrons. The molecule has 0 heterocycles. The van der Waals surface area contributed by atoms with E-state index in [1.165, 1.54) is 19.2 Å². The molecule has 0 N–H and O–H groups in total. The van der Waals surface area contributed by atoms with Gasteiger partial charge in [-0.1, -0.05) is 17.7 Å². The van der Waals surface area contributed by atoms with Crippen LogP contribution < -0.4 is 4.74 Å². The van der Waals surface area contributed by atoms with E-state index in [1.54, 1.807) is 0 Å². The molecule has 0 atom stereocenters. The average Bonchev–Trinajstić information content (AvgIpc) is 2.08. The van der Waals surface area contributed by atoms with Gasteiger partial charge in [0.05, 0.1) is 11.6 Å². The highest BCUT2D eigenvalue weighted by molar-refractivity contribution is 6.32. The molecule has 0 unspecified atom stereocenters. The van der Waals surface area contributed by atoms with Crippen molar-refractivity contribution in [3.05, 3.63) is 28.8 Å². The molecule has 1 aromatic rings. The van der Waals surface area contributed by atoms with E-state index < -0.39 is 12.1 Å². The van der Waals surface area contributed by atoms with Crippen molar-refractivity contribution in [2.45, 2.75) is 13.0 Å². The second-order valence-corrected chi connectivity index (χ2v) is 3.15. The number of halogens is 4. The second-order valence-electron chi connectivity index (χ2n) is 2.75. The molecule has 0 aliphatic rings. The molecule has 0 amide bonds. The van der Waals surface area contributed by atoms with Gasteiger partial charge in [0.15, 0.2) is 0 Å². The third-order valence-electron chi connectivity index (χ3n) is 1.53. The zero-order valence-corrected chi connectivity index (χ0v) is 8.52. The summed E-state index contributed by atoms with van der Waals surface area (Å²) in [6.07, 6.45) is -4.73. The molecule has 1 aromatic carbocycles. The highest BCUT2D eigenvalue weighted by atomic mass is 35.5. The lowest BCUT2D eigenvalue weighted by Crippen LogP contribution is -2.17. The van der Waals surface area contributed by atoms with Crippen LogP contribution in [0.5, 0.6) is 5.75 Å². The van der Waals surface area contributed by atoms with Gasteiger partial charge in [0.2, 0.25) is 0 Å². The predicted molar refractivity (Wildman–Crippen MR) is 48.8 cm³/mol. The fourth-order valence-corrected chi connectivity index (χ4v) is 1.25. The van der Waals surface area contributed by atoms with Crippen LogP contribution in [0.15, 0.2) is 18.2 Å². The first kappa shape index (κ1) is 12.1. The predicted octanol–water partition coefficient (Wildman–Crippen LogP) is 3.39. The average molecular weight is 241 g/mol. The van der Waals surface area contributed by atoms with Gasteiger partial charge in [-0.25, -0.2) is 0 Å². The van der Waals surface area contributed by atoms with Gasteiger partial charge in [-0.05, 0) is 17.7 Å². The van der Waals surface area contributed by atoms with Crippen LogP contribution in [0, 0.1) is 0 Å². The third kappa shape index (κ3) is 3.97. The Morgan fingerprint density at radius 1 is 1.33 bits per heavy atom. The van der Waals surface area contributed by atoms with Crippen molar-refractivity contribution in [1.82, 2.24) is 0 Å². The zero-order chi connectivity index (χ0) is 11.5. The Kier molecular flexibility index (Phi) is 3.82. The number of hydrogen-bond donors (Lipinski definition) is 0. The Morgan fingerprint density at radius 2 is 2.00 bits per heavy atom. The topological polar surface area (TPSA) is 18.5 Å². The molecule has 0 aromatic heterocycles.